The van der Waals surface area contributed by atoms with E-state index in [0.717, 1.165) is 16.7 Å². The fourth-order valence-corrected chi connectivity index (χ4v) is 2.61. The number of amides is 1. The van der Waals surface area contributed by atoms with Gasteiger partial charge in [-0.15, -0.1) is 0 Å². The van der Waals surface area contributed by atoms with Crippen LogP contribution in [0.3, 0.4) is 0 Å². The molecule has 0 spiro atoms. The highest BCUT2D eigenvalue weighted by Crippen LogP contribution is 2.16. The zero-order valence-electron chi connectivity index (χ0n) is 13.2. The molecule has 0 unspecified atom stereocenters. The molecule has 0 aliphatic heterocycles. The van der Waals surface area contributed by atoms with E-state index in [1.807, 2.05) is 24.3 Å². The molecule has 0 radical (unpaired) electrons. The summed E-state index contributed by atoms with van der Waals surface area (Å²) in [5.74, 6) is 0.730. The molecule has 3 aromatic carbocycles. The summed E-state index contributed by atoms with van der Waals surface area (Å²) in [6.45, 7) is 0.889. The second-order valence-corrected chi connectivity index (χ2v) is 5.95. The van der Waals surface area contributed by atoms with Crippen molar-refractivity contribution in [3.05, 3.63) is 77.3 Å². The van der Waals surface area contributed by atoms with Crippen molar-refractivity contribution in [2.24, 2.45) is 0 Å². The Morgan fingerprint density at radius 2 is 1.71 bits per heavy atom. The van der Waals surface area contributed by atoms with E-state index in [0.29, 0.717) is 24.6 Å². The lowest BCUT2D eigenvalue weighted by Gasteiger charge is -2.08. The molecule has 0 heterocycles. The number of carbonyl (C=O) groups is 1. The van der Waals surface area contributed by atoms with Crippen molar-refractivity contribution in [3.8, 4) is 5.75 Å². The van der Waals surface area contributed by atoms with Crippen LogP contribution in [-0.4, -0.2) is 19.1 Å². The van der Waals surface area contributed by atoms with E-state index in [-0.39, 0.29) is 5.91 Å². The number of benzene rings is 3. The van der Waals surface area contributed by atoms with E-state index in [2.05, 4.69) is 23.5 Å². The van der Waals surface area contributed by atoms with Gasteiger partial charge >= 0.3 is 0 Å². The van der Waals surface area contributed by atoms with Crippen LogP contribution in [0.2, 0.25) is 5.02 Å². The number of rotatable bonds is 6. The van der Waals surface area contributed by atoms with Crippen LogP contribution in [0.1, 0.15) is 5.56 Å². The molecule has 1 amide bonds. The average molecular weight is 340 g/mol. The van der Waals surface area contributed by atoms with Crippen molar-refractivity contribution < 1.29 is 9.53 Å². The third-order valence-corrected chi connectivity index (χ3v) is 3.94. The van der Waals surface area contributed by atoms with E-state index in [1.54, 1.807) is 24.3 Å². The van der Waals surface area contributed by atoms with Gasteiger partial charge in [0.05, 0.1) is 13.0 Å². The molecule has 0 saturated carbocycles. The predicted molar refractivity (Wildman–Crippen MR) is 97.6 cm³/mol. The van der Waals surface area contributed by atoms with Crippen LogP contribution in [0, 0.1) is 0 Å². The average Bonchev–Trinajstić information content (AvgIpc) is 2.60. The molecule has 3 rings (SSSR count). The van der Waals surface area contributed by atoms with Gasteiger partial charge in [-0.2, -0.15) is 0 Å². The summed E-state index contributed by atoms with van der Waals surface area (Å²) in [5, 5.41) is 5.87. The monoisotopic (exact) mass is 339 g/mol. The van der Waals surface area contributed by atoms with Crippen LogP contribution in [0.5, 0.6) is 5.75 Å². The van der Waals surface area contributed by atoms with Crippen LogP contribution in [-0.2, 0) is 11.2 Å². The van der Waals surface area contributed by atoms with Gasteiger partial charge in [0, 0.05) is 5.02 Å². The summed E-state index contributed by atoms with van der Waals surface area (Å²) in [4.78, 5) is 12.0. The molecule has 3 aromatic rings. The first-order valence-corrected chi connectivity index (χ1v) is 8.21. The molecule has 0 aromatic heterocycles. The standard InChI is InChI=1S/C20H18ClNO2/c21-18-7-9-19(10-8-18)24-12-11-22-20(23)14-15-5-6-16-3-1-2-4-17(16)13-15/h1-10,13H,11-12,14H2,(H,22,23). The van der Waals surface area contributed by atoms with E-state index in [9.17, 15) is 4.79 Å². The summed E-state index contributed by atoms with van der Waals surface area (Å²) in [6.07, 6.45) is 0.367. The highest BCUT2D eigenvalue weighted by molar-refractivity contribution is 6.30. The van der Waals surface area contributed by atoms with Gasteiger partial charge in [0.25, 0.3) is 0 Å². The normalized spacial score (nSPS) is 10.5. The van der Waals surface area contributed by atoms with Gasteiger partial charge in [0.2, 0.25) is 5.91 Å². The summed E-state index contributed by atoms with van der Waals surface area (Å²) < 4.78 is 5.55. The molecule has 0 saturated heterocycles. The maximum absolute atomic E-state index is 12.0. The zero-order chi connectivity index (χ0) is 16.8. The molecular weight excluding hydrogens is 322 g/mol. The lowest BCUT2D eigenvalue weighted by atomic mass is 10.1. The Morgan fingerprint density at radius 1 is 0.958 bits per heavy atom. The Labute approximate surface area is 146 Å². The Morgan fingerprint density at radius 3 is 2.50 bits per heavy atom. The molecule has 4 heteroatoms. The highest BCUT2D eigenvalue weighted by atomic mass is 35.5. The van der Waals surface area contributed by atoms with E-state index in [4.69, 9.17) is 16.3 Å². The fraction of sp³-hybridized carbons (Fsp3) is 0.150. The van der Waals surface area contributed by atoms with Gasteiger partial charge in [-0.05, 0) is 40.6 Å². The molecule has 0 atom stereocenters. The predicted octanol–water partition coefficient (Wildman–Crippen LogP) is 4.23. The third kappa shape index (κ3) is 4.49. The van der Waals surface area contributed by atoms with Gasteiger partial charge in [0.1, 0.15) is 12.4 Å². The maximum Gasteiger partial charge on any atom is 0.224 e. The number of nitrogens with one attached hydrogen (secondary N) is 1. The van der Waals surface area contributed by atoms with Crippen molar-refractivity contribution in [3.63, 3.8) is 0 Å². The van der Waals surface area contributed by atoms with Crippen molar-refractivity contribution in [1.29, 1.82) is 0 Å². The number of hydrogen-bond donors (Lipinski definition) is 1. The second kappa shape index (κ2) is 7.84. The summed E-state index contributed by atoms with van der Waals surface area (Å²) in [7, 11) is 0. The van der Waals surface area contributed by atoms with E-state index >= 15 is 0 Å². The Balaban J connectivity index is 1.45. The van der Waals surface area contributed by atoms with Gasteiger partial charge in [-0.25, -0.2) is 0 Å². The minimum atomic E-state index is -0.00927. The number of hydrogen-bond acceptors (Lipinski definition) is 2. The van der Waals surface area contributed by atoms with Gasteiger partial charge in [-0.3, -0.25) is 4.79 Å². The van der Waals surface area contributed by atoms with Crippen molar-refractivity contribution in [1.82, 2.24) is 5.32 Å². The zero-order valence-corrected chi connectivity index (χ0v) is 13.9. The molecule has 0 bridgehead atoms. The quantitative estimate of drug-likeness (QED) is 0.682. The van der Waals surface area contributed by atoms with Gasteiger partial charge in [-0.1, -0.05) is 54.1 Å². The Kier molecular flexibility index (Phi) is 5.34. The lowest BCUT2D eigenvalue weighted by molar-refractivity contribution is -0.120. The number of halogens is 1. The van der Waals surface area contributed by atoms with E-state index < -0.39 is 0 Å². The topological polar surface area (TPSA) is 38.3 Å². The van der Waals surface area contributed by atoms with Crippen molar-refractivity contribution in [2.75, 3.05) is 13.2 Å². The third-order valence-electron chi connectivity index (χ3n) is 3.69. The molecule has 1 N–H and O–H groups in total. The SMILES string of the molecule is O=C(Cc1ccc2ccccc2c1)NCCOc1ccc(Cl)cc1. The van der Waals surface area contributed by atoms with Gasteiger partial charge in [0.15, 0.2) is 0 Å². The molecular formula is C20H18ClNO2. The first-order valence-electron chi connectivity index (χ1n) is 7.83. The molecule has 0 aliphatic carbocycles. The maximum atomic E-state index is 12.0. The summed E-state index contributed by atoms with van der Waals surface area (Å²) in [6, 6.07) is 21.4. The lowest BCUT2D eigenvalue weighted by Crippen LogP contribution is -2.29. The van der Waals surface area contributed by atoms with Crippen LogP contribution < -0.4 is 10.1 Å². The number of fused-ring (bicyclic) bond motifs is 1. The van der Waals surface area contributed by atoms with Gasteiger partial charge < -0.3 is 10.1 Å². The van der Waals surface area contributed by atoms with Crippen LogP contribution >= 0.6 is 11.6 Å². The fourth-order valence-electron chi connectivity index (χ4n) is 2.49. The first kappa shape index (κ1) is 16.3. The summed E-state index contributed by atoms with van der Waals surface area (Å²) >= 11 is 5.82. The first-order chi connectivity index (χ1) is 11.7. The molecule has 0 fully saturated rings. The summed E-state index contributed by atoms with van der Waals surface area (Å²) in [5.41, 5.74) is 1.00. The van der Waals surface area contributed by atoms with Crippen molar-refractivity contribution in [2.45, 2.75) is 6.42 Å². The van der Waals surface area contributed by atoms with Crippen LogP contribution in [0.25, 0.3) is 10.8 Å². The smallest absolute Gasteiger partial charge is 0.224 e. The minimum Gasteiger partial charge on any atom is -0.492 e. The highest BCUT2D eigenvalue weighted by Gasteiger charge is 2.04. The number of ether oxygens (including phenoxy) is 1. The Bertz CT molecular complexity index is 830. The minimum absolute atomic E-state index is 0.00927. The second-order valence-electron chi connectivity index (χ2n) is 5.51. The van der Waals surface area contributed by atoms with Crippen LogP contribution in [0.4, 0.5) is 0 Å². The molecule has 0 aliphatic rings. The largest absolute Gasteiger partial charge is 0.492 e. The Hall–Kier alpha value is -2.52. The van der Waals surface area contributed by atoms with Crippen molar-refractivity contribution >= 4 is 28.3 Å². The number of carbonyl (C=O) groups excluding carboxylic acids is 1. The molecule has 122 valence electrons. The van der Waals surface area contributed by atoms with E-state index in [1.165, 1.54) is 5.39 Å². The molecule has 3 nitrogen and oxygen atoms in total. The van der Waals surface area contributed by atoms with Crippen LogP contribution in [0.15, 0.2) is 66.7 Å². The molecule has 24 heavy (non-hydrogen) atoms.